The molecule has 0 spiro atoms. The minimum absolute atomic E-state index is 0.0107. The zero-order valence-electron chi connectivity index (χ0n) is 14.3. The Kier molecular flexibility index (Phi) is 6.69. The Labute approximate surface area is 124 Å². The van der Waals surface area contributed by atoms with Crippen LogP contribution < -0.4 is 11.1 Å². The van der Waals surface area contributed by atoms with Crippen molar-refractivity contribution in [2.75, 3.05) is 6.54 Å². The standard InChI is InChI=1S/C16H34N2O2/c1-14(2,3)12(10-11-17)8-9-13(19)18-15(4,5)16(6,7)20/h12,20H,8-11,17H2,1-7H3,(H,18,19). The molecule has 0 radical (unpaired) electrons. The fourth-order valence-electron chi connectivity index (χ4n) is 2.08. The highest BCUT2D eigenvalue weighted by Gasteiger charge is 2.36. The summed E-state index contributed by atoms with van der Waals surface area (Å²) in [5, 5.41) is 13.0. The number of carbonyl (C=O) groups is 1. The van der Waals surface area contributed by atoms with Gasteiger partial charge in [-0.3, -0.25) is 4.79 Å². The van der Waals surface area contributed by atoms with Crippen molar-refractivity contribution in [1.82, 2.24) is 5.32 Å². The highest BCUT2D eigenvalue weighted by Crippen LogP contribution is 2.32. The number of rotatable bonds is 7. The zero-order valence-corrected chi connectivity index (χ0v) is 14.3. The molecule has 0 aliphatic rings. The molecule has 0 bridgehead atoms. The summed E-state index contributed by atoms with van der Waals surface area (Å²) in [6.07, 6.45) is 2.24. The molecule has 0 aromatic rings. The Morgan fingerprint density at radius 3 is 1.95 bits per heavy atom. The molecular weight excluding hydrogens is 252 g/mol. The van der Waals surface area contributed by atoms with E-state index >= 15 is 0 Å². The number of hydrogen-bond acceptors (Lipinski definition) is 3. The van der Waals surface area contributed by atoms with Gasteiger partial charge >= 0.3 is 0 Å². The van der Waals surface area contributed by atoms with Gasteiger partial charge in [0.1, 0.15) is 0 Å². The lowest BCUT2D eigenvalue weighted by atomic mass is 9.76. The number of nitrogens with one attached hydrogen (secondary N) is 1. The second-order valence-corrected chi connectivity index (χ2v) is 7.91. The van der Waals surface area contributed by atoms with Crippen molar-refractivity contribution >= 4 is 5.91 Å². The first-order valence-electron chi connectivity index (χ1n) is 7.54. The molecule has 1 unspecified atom stereocenters. The van der Waals surface area contributed by atoms with Crippen molar-refractivity contribution in [1.29, 1.82) is 0 Å². The quantitative estimate of drug-likeness (QED) is 0.673. The summed E-state index contributed by atoms with van der Waals surface area (Å²) in [6, 6.07) is 0. The molecule has 0 saturated carbocycles. The zero-order chi connectivity index (χ0) is 16.2. The van der Waals surface area contributed by atoms with Gasteiger partial charge in [-0.15, -0.1) is 0 Å². The van der Waals surface area contributed by atoms with Crippen molar-refractivity contribution in [2.24, 2.45) is 17.1 Å². The summed E-state index contributed by atoms with van der Waals surface area (Å²) in [7, 11) is 0. The van der Waals surface area contributed by atoms with Gasteiger partial charge in [-0.05, 0) is 58.4 Å². The predicted octanol–water partition coefficient (Wildman–Crippen LogP) is 2.44. The molecule has 120 valence electrons. The minimum Gasteiger partial charge on any atom is -0.388 e. The SMILES string of the molecule is CC(C)(C)C(CCN)CCC(=O)NC(C)(C)C(C)(C)O. The van der Waals surface area contributed by atoms with E-state index < -0.39 is 11.1 Å². The molecule has 20 heavy (non-hydrogen) atoms. The van der Waals surface area contributed by atoms with Gasteiger partial charge in [0.2, 0.25) is 5.91 Å². The molecule has 0 heterocycles. The van der Waals surface area contributed by atoms with Crippen molar-refractivity contribution in [3.05, 3.63) is 0 Å². The third-order valence-electron chi connectivity index (χ3n) is 4.44. The molecular formula is C16H34N2O2. The normalized spacial score (nSPS) is 15.1. The molecule has 4 heteroatoms. The summed E-state index contributed by atoms with van der Waals surface area (Å²) in [5.41, 5.74) is 4.22. The van der Waals surface area contributed by atoms with Gasteiger partial charge < -0.3 is 16.2 Å². The summed E-state index contributed by atoms with van der Waals surface area (Å²) in [5.74, 6) is 0.423. The van der Waals surface area contributed by atoms with E-state index in [1.807, 2.05) is 13.8 Å². The van der Waals surface area contributed by atoms with Crippen LogP contribution in [-0.4, -0.2) is 28.7 Å². The smallest absolute Gasteiger partial charge is 0.220 e. The van der Waals surface area contributed by atoms with E-state index in [4.69, 9.17) is 5.73 Å². The van der Waals surface area contributed by atoms with Crippen molar-refractivity contribution in [2.45, 2.75) is 78.9 Å². The third-order valence-corrected chi connectivity index (χ3v) is 4.44. The van der Waals surface area contributed by atoms with Crippen LogP contribution in [0.25, 0.3) is 0 Å². The first-order valence-corrected chi connectivity index (χ1v) is 7.54. The molecule has 0 aromatic carbocycles. The van der Waals surface area contributed by atoms with E-state index in [1.54, 1.807) is 13.8 Å². The molecule has 0 aliphatic carbocycles. The van der Waals surface area contributed by atoms with Gasteiger partial charge in [0.25, 0.3) is 0 Å². The van der Waals surface area contributed by atoms with Gasteiger partial charge in [0.05, 0.1) is 11.1 Å². The largest absolute Gasteiger partial charge is 0.388 e. The van der Waals surface area contributed by atoms with Gasteiger partial charge in [0, 0.05) is 6.42 Å². The molecule has 1 amide bonds. The van der Waals surface area contributed by atoms with Crippen molar-refractivity contribution < 1.29 is 9.90 Å². The molecule has 0 rings (SSSR count). The molecule has 0 fully saturated rings. The maximum Gasteiger partial charge on any atom is 0.220 e. The number of aliphatic hydroxyl groups is 1. The van der Waals surface area contributed by atoms with Crippen molar-refractivity contribution in [3.63, 3.8) is 0 Å². The number of nitrogens with two attached hydrogens (primary N) is 1. The lowest BCUT2D eigenvalue weighted by Gasteiger charge is -2.38. The molecule has 1 atom stereocenters. The highest BCUT2D eigenvalue weighted by atomic mass is 16.3. The average Bonchev–Trinajstić information content (AvgIpc) is 2.20. The second kappa shape index (κ2) is 6.90. The van der Waals surface area contributed by atoms with E-state index in [-0.39, 0.29) is 11.3 Å². The molecule has 4 nitrogen and oxygen atoms in total. The first kappa shape index (κ1) is 19.4. The number of hydrogen-bond donors (Lipinski definition) is 3. The molecule has 0 saturated heterocycles. The van der Waals surface area contributed by atoms with E-state index in [0.29, 0.717) is 18.9 Å². The van der Waals surface area contributed by atoms with Crippen LogP contribution in [0.1, 0.15) is 67.7 Å². The van der Waals surface area contributed by atoms with E-state index in [0.717, 1.165) is 12.8 Å². The predicted molar refractivity (Wildman–Crippen MR) is 84.4 cm³/mol. The van der Waals surface area contributed by atoms with Crippen LogP contribution in [0.4, 0.5) is 0 Å². The Morgan fingerprint density at radius 2 is 1.60 bits per heavy atom. The number of carbonyl (C=O) groups excluding carboxylic acids is 1. The molecule has 4 N–H and O–H groups in total. The maximum atomic E-state index is 12.1. The topological polar surface area (TPSA) is 75.4 Å². The van der Waals surface area contributed by atoms with Crippen LogP contribution in [0.3, 0.4) is 0 Å². The fraction of sp³-hybridized carbons (Fsp3) is 0.938. The van der Waals surface area contributed by atoms with E-state index in [1.165, 1.54) is 0 Å². The van der Waals surface area contributed by atoms with Crippen LogP contribution in [0.2, 0.25) is 0 Å². The summed E-state index contributed by atoms with van der Waals surface area (Å²) < 4.78 is 0. The second-order valence-electron chi connectivity index (χ2n) is 7.91. The summed E-state index contributed by atoms with van der Waals surface area (Å²) >= 11 is 0. The molecule has 0 aromatic heterocycles. The van der Waals surface area contributed by atoms with Crippen LogP contribution in [0, 0.1) is 11.3 Å². The van der Waals surface area contributed by atoms with Crippen LogP contribution >= 0.6 is 0 Å². The number of amides is 1. The fourth-order valence-corrected chi connectivity index (χ4v) is 2.08. The van der Waals surface area contributed by atoms with Crippen LogP contribution in [0.5, 0.6) is 0 Å². The van der Waals surface area contributed by atoms with E-state index in [2.05, 4.69) is 26.1 Å². The summed E-state index contributed by atoms with van der Waals surface area (Å²) in [4.78, 5) is 12.1. The minimum atomic E-state index is -0.955. The maximum absolute atomic E-state index is 12.1. The lowest BCUT2D eigenvalue weighted by Crippen LogP contribution is -2.57. The van der Waals surface area contributed by atoms with Gasteiger partial charge in [-0.2, -0.15) is 0 Å². The monoisotopic (exact) mass is 286 g/mol. The van der Waals surface area contributed by atoms with Crippen LogP contribution in [-0.2, 0) is 4.79 Å². The van der Waals surface area contributed by atoms with Gasteiger partial charge in [-0.25, -0.2) is 0 Å². The summed E-state index contributed by atoms with van der Waals surface area (Å²) in [6.45, 7) is 14.3. The Hall–Kier alpha value is -0.610. The average molecular weight is 286 g/mol. The Bertz CT molecular complexity index is 311. The third kappa shape index (κ3) is 6.23. The van der Waals surface area contributed by atoms with Crippen molar-refractivity contribution in [3.8, 4) is 0 Å². The lowest BCUT2D eigenvalue weighted by molar-refractivity contribution is -0.126. The van der Waals surface area contributed by atoms with E-state index in [9.17, 15) is 9.90 Å². The first-order chi connectivity index (χ1) is 8.81. The van der Waals surface area contributed by atoms with Crippen LogP contribution in [0.15, 0.2) is 0 Å². The van der Waals surface area contributed by atoms with Gasteiger partial charge in [-0.1, -0.05) is 20.8 Å². The van der Waals surface area contributed by atoms with Gasteiger partial charge in [0.15, 0.2) is 0 Å². The Balaban J connectivity index is 4.49. The highest BCUT2D eigenvalue weighted by molar-refractivity contribution is 5.76. The Morgan fingerprint density at radius 1 is 1.10 bits per heavy atom. The molecule has 0 aliphatic heterocycles.